The molecule has 12 heavy (non-hydrogen) atoms. The van der Waals surface area contributed by atoms with Gasteiger partial charge in [0, 0.05) is 0 Å². The first-order chi connectivity index (χ1) is 5.69. The molecule has 0 aromatic carbocycles. The fourth-order valence-corrected chi connectivity index (χ4v) is 1.42. The lowest BCUT2D eigenvalue weighted by Gasteiger charge is -2.02. The highest BCUT2D eigenvalue weighted by molar-refractivity contribution is 7.35. The molecule has 1 atom stereocenters. The van der Waals surface area contributed by atoms with Crippen molar-refractivity contribution in [2.24, 2.45) is 0 Å². The molecule has 5 nitrogen and oxygen atoms in total. The van der Waals surface area contributed by atoms with Gasteiger partial charge in [0.1, 0.15) is 5.82 Å². The van der Waals surface area contributed by atoms with Crippen LogP contribution in [0.4, 0.5) is 0 Å². The molecule has 0 fully saturated rings. The van der Waals surface area contributed by atoms with Gasteiger partial charge >= 0.3 is 11.4 Å². The Kier molecular flexibility index (Phi) is 2.55. The summed E-state index contributed by atoms with van der Waals surface area (Å²) in [4.78, 5) is 27.4. The van der Waals surface area contributed by atoms with Crippen LogP contribution >= 0.6 is 8.73 Å². The lowest BCUT2D eigenvalue weighted by atomic mass is 10.6. The molecule has 1 heterocycles. The molecule has 0 aliphatic rings. The van der Waals surface area contributed by atoms with Crippen LogP contribution < -0.4 is 11.4 Å². The summed E-state index contributed by atoms with van der Waals surface area (Å²) in [7, 11) is 0.231. The predicted octanol–water partition coefficient (Wildman–Crippen LogP) is -0.354. The molecule has 0 saturated heterocycles. The van der Waals surface area contributed by atoms with Crippen molar-refractivity contribution >= 4 is 14.8 Å². The van der Waals surface area contributed by atoms with Gasteiger partial charge in [0.2, 0.25) is 0 Å². The number of H-pyrrole nitrogens is 1. The van der Waals surface area contributed by atoms with Crippen molar-refractivity contribution in [2.45, 2.75) is 0 Å². The van der Waals surface area contributed by atoms with Gasteiger partial charge < -0.3 is 0 Å². The molecule has 0 spiro atoms. The van der Waals surface area contributed by atoms with E-state index in [1.165, 1.54) is 10.4 Å². The summed E-state index contributed by atoms with van der Waals surface area (Å²) in [5.41, 5.74) is -1.07. The van der Waals surface area contributed by atoms with Crippen LogP contribution in [0.5, 0.6) is 0 Å². The van der Waals surface area contributed by atoms with E-state index in [0.29, 0.717) is 5.82 Å². The van der Waals surface area contributed by atoms with Gasteiger partial charge in [-0.25, -0.2) is 9.59 Å². The van der Waals surface area contributed by atoms with E-state index in [0.717, 1.165) is 0 Å². The lowest BCUT2D eigenvalue weighted by molar-refractivity contribution is 0.880. The zero-order chi connectivity index (χ0) is 9.14. The molecular formula is C6H8N3O2P. The number of rotatable bonds is 2. The van der Waals surface area contributed by atoms with Crippen LogP contribution in [0.15, 0.2) is 16.2 Å². The Morgan fingerprint density at radius 2 is 2.33 bits per heavy atom. The van der Waals surface area contributed by atoms with Gasteiger partial charge in [-0.05, 0) is 21.5 Å². The third-order valence-electron chi connectivity index (χ3n) is 1.27. The van der Waals surface area contributed by atoms with Gasteiger partial charge in [-0.15, -0.1) is 0 Å². The van der Waals surface area contributed by atoms with Crippen molar-refractivity contribution < 1.29 is 0 Å². The lowest BCUT2D eigenvalue weighted by Crippen LogP contribution is -2.30. The Hall–Kier alpha value is -1.22. The number of nitrogens with zero attached hydrogens (tertiary/aromatic N) is 2. The second kappa shape index (κ2) is 3.45. The quantitative estimate of drug-likeness (QED) is 0.640. The van der Waals surface area contributed by atoms with E-state index in [9.17, 15) is 9.59 Å². The van der Waals surface area contributed by atoms with Gasteiger partial charge in [0.25, 0.3) is 0 Å². The van der Waals surface area contributed by atoms with Crippen LogP contribution in [0.25, 0.3) is 6.08 Å². The highest BCUT2D eigenvalue weighted by Crippen LogP contribution is 2.05. The van der Waals surface area contributed by atoms with Gasteiger partial charge in [0.15, 0.2) is 0 Å². The van der Waals surface area contributed by atoms with Gasteiger partial charge in [-0.3, -0.25) is 9.32 Å². The standard InChI is InChI=1S/C6H8N3O2P/c1-3-4-7-5(10)8-6(11)9(4)12-2/h3,12H,1H2,2H3,(H,8,10,11). The summed E-state index contributed by atoms with van der Waals surface area (Å²) in [5.74, 6) is 0.310. The van der Waals surface area contributed by atoms with Crippen LogP contribution in [0.2, 0.25) is 0 Å². The smallest absolute Gasteiger partial charge is 0.260 e. The highest BCUT2D eigenvalue weighted by atomic mass is 31.1. The monoisotopic (exact) mass is 185 g/mol. The average molecular weight is 185 g/mol. The van der Waals surface area contributed by atoms with Crippen LogP contribution in [0, 0.1) is 0 Å². The Bertz CT molecular complexity index is 406. The van der Waals surface area contributed by atoms with Crippen LogP contribution in [-0.2, 0) is 0 Å². The number of aromatic amines is 1. The van der Waals surface area contributed by atoms with E-state index < -0.39 is 11.4 Å². The minimum Gasteiger partial charge on any atom is -0.260 e. The third-order valence-corrected chi connectivity index (χ3v) is 2.15. The maximum atomic E-state index is 11.1. The fraction of sp³-hybridized carbons (Fsp3) is 0.167. The van der Waals surface area contributed by atoms with Gasteiger partial charge in [-0.1, -0.05) is 6.58 Å². The molecule has 1 aromatic heterocycles. The SMILES string of the molecule is C=Cc1nc(=O)[nH]c(=O)n1PC. The molecule has 1 N–H and O–H groups in total. The molecule has 1 unspecified atom stereocenters. The normalized spacial score (nSPS) is 10.8. The van der Waals surface area contributed by atoms with Crippen LogP contribution in [-0.4, -0.2) is 21.0 Å². The largest absolute Gasteiger partial charge is 0.351 e. The predicted molar refractivity (Wildman–Crippen MR) is 48.8 cm³/mol. The summed E-state index contributed by atoms with van der Waals surface area (Å²) in [6, 6.07) is 0. The fourth-order valence-electron chi connectivity index (χ4n) is 0.786. The molecule has 0 aliphatic heterocycles. The van der Waals surface area contributed by atoms with Crippen molar-refractivity contribution in [3.8, 4) is 0 Å². The summed E-state index contributed by atoms with van der Waals surface area (Å²) < 4.78 is 1.36. The maximum absolute atomic E-state index is 11.1. The number of hydrogen-bond acceptors (Lipinski definition) is 3. The Balaban J connectivity index is 3.55. The first kappa shape index (κ1) is 8.87. The number of hydrogen-bond donors (Lipinski definition) is 1. The number of aromatic nitrogens is 3. The molecule has 0 aliphatic carbocycles. The van der Waals surface area contributed by atoms with E-state index in [2.05, 4.69) is 16.5 Å². The van der Waals surface area contributed by atoms with Crippen LogP contribution in [0.1, 0.15) is 5.82 Å². The molecule has 0 saturated carbocycles. The molecular weight excluding hydrogens is 177 g/mol. The van der Waals surface area contributed by atoms with Crippen molar-refractivity contribution in [2.75, 3.05) is 6.66 Å². The maximum Gasteiger partial charge on any atom is 0.351 e. The minimum absolute atomic E-state index is 0.231. The zero-order valence-electron chi connectivity index (χ0n) is 6.50. The molecule has 0 amide bonds. The first-order valence-electron chi connectivity index (χ1n) is 3.22. The molecule has 1 rings (SSSR count). The minimum atomic E-state index is -0.635. The summed E-state index contributed by atoms with van der Waals surface area (Å²) in [6.07, 6.45) is 1.38. The topological polar surface area (TPSA) is 67.8 Å². The summed E-state index contributed by atoms with van der Waals surface area (Å²) in [5, 5.41) is 0. The van der Waals surface area contributed by atoms with Gasteiger partial charge in [-0.2, -0.15) is 4.98 Å². The Morgan fingerprint density at radius 3 is 2.83 bits per heavy atom. The Morgan fingerprint density at radius 1 is 1.67 bits per heavy atom. The second-order valence-corrected chi connectivity index (χ2v) is 2.86. The van der Waals surface area contributed by atoms with Crippen molar-refractivity contribution in [1.82, 2.24) is 14.3 Å². The second-order valence-electron chi connectivity index (χ2n) is 1.97. The molecule has 0 bridgehead atoms. The first-order valence-corrected chi connectivity index (χ1v) is 4.67. The van der Waals surface area contributed by atoms with Gasteiger partial charge in [0.05, 0.1) is 0 Å². The van der Waals surface area contributed by atoms with E-state index in [-0.39, 0.29) is 8.73 Å². The third kappa shape index (κ3) is 1.51. The highest BCUT2D eigenvalue weighted by Gasteiger charge is 2.00. The van der Waals surface area contributed by atoms with Crippen LogP contribution in [0.3, 0.4) is 0 Å². The molecule has 64 valence electrons. The van der Waals surface area contributed by atoms with E-state index >= 15 is 0 Å². The molecule has 0 radical (unpaired) electrons. The van der Waals surface area contributed by atoms with Crippen molar-refractivity contribution in [3.05, 3.63) is 33.4 Å². The van der Waals surface area contributed by atoms with E-state index in [1.54, 1.807) is 0 Å². The summed E-state index contributed by atoms with van der Waals surface area (Å²) in [6.45, 7) is 5.27. The van der Waals surface area contributed by atoms with E-state index in [1.807, 2.05) is 6.66 Å². The molecule has 6 heteroatoms. The molecule has 1 aromatic rings. The average Bonchev–Trinajstić information content (AvgIpc) is 2.03. The van der Waals surface area contributed by atoms with E-state index in [4.69, 9.17) is 0 Å². The Labute approximate surface area is 70.0 Å². The van der Waals surface area contributed by atoms with Crippen molar-refractivity contribution in [1.29, 1.82) is 0 Å². The van der Waals surface area contributed by atoms with Crippen molar-refractivity contribution in [3.63, 3.8) is 0 Å². The zero-order valence-corrected chi connectivity index (χ0v) is 7.50. The summed E-state index contributed by atoms with van der Waals surface area (Å²) >= 11 is 0. The number of nitrogens with one attached hydrogen (secondary N) is 1.